The minimum Gasteiger partial charge on any atom is -0.298 e. The fraction of sp³-hybridized carbons (Fsp3) is 1.00. The quantitative estimate of drug-likeness (QED) is 0.649. The summed E-state index contributed by atoms with van der Waals surface area (Å²) in [7, 11) is 0. The minimum atomic E-state index is 0.700. The molecular weight excluding hydrogens is 170 g/mol. The molecule has 1 aliphatic heterocycles. The molecule has 1 nitrogen and oxygen atoms in total. The summed E-state index contributed by atoms with van der Waals surface area (Å²) in [6.07, 6.45) is 10.2. The third kappa shape index (κ3) is 2.31. The van der Waals surface area contributed by atoms with E-state index >= 15 is 0 Å². The van der Waals surface area contributed by atoms with Crippen LogP contribution < -0.4 is 0 Å². The van der Waals surface area contributed by atoms with Gasteiger partial charge in [0.1, 0.15) is 0 Å². The third-order valence-electron chi connectivity index (χ3n) is 4.03. The zero-order valence-electron chi connectivity index (χ0n) is 9.89. The van der Waals surface area contributed by atoms with Crippen molar-refractivity contribution in [3.63, 3.8) is 0 Å². The van der Waals surface area contributed by atoms with Crippen LogP contribution in [0.3, 0.4) is 0 Å². The second kappa shape index (κ2) is 4.22. The van der Waals surface area contributed by atoms with Crippen LogP contribution >= 0.6 is 0 Å². The molecule has 82 valence electrons. The Morgan fingerprint density at radius 1 is 1.14 bits per heavy atom. The fourth-order valence-electron chi connectivity index (χ4n) is 2.90. The molecule has 0 aromatic heterocycles. The number of nitrogens with zero attached hydrogens (tertiary/aromatic N) is 1. The van der Waals surface area contributed by atoms with Gasteiger partial charge in [-0.05, 0) is 51.1 Å². The summed E-state index contributed by atoms with van der Waals surface area (Å²) < 4.78 is 0. The first kappa shape index (κ1) is 10.5. The molecule has 1 aliphatic carbocycles. The van der Waals surface area contributed by atoms with Gasteiger partial charge in [-0.15, -0.1) is 0 Å². The Morgan fingerprint density at radius 2 is 1.79 bits per heavy atom. The average molecular weight is 195 g/mol. The Balaban J connectivity index is 1.73. The van der Waals surface area contributed by atoms with Gasteiger partial charge in [0.05, 0.1) is 0 Å². The molecule has 0 N–H and O–H groups in total. The van der Waals surface area contributed by atoms with E-state index in [0.29, 0.717) is 5.54 Å². The topological polar surface area (TPSA) is 3.24 Å². The van der Waals surface area contributed by atoms with Gasteiger partial charge < -0.3 is 0 Å². The van der Waals surface area contributed by atoms with Gasteiger partial charge in [-0.25, -0.2) is 0 Å². The molecule has 1 saturated heterocycles. The van der Waals surface area contributed by atoms with Crippen molar-refractivity contribution in [2.45, 2.75) is 64.3 Å². The Bertz CT molecular complexity index is 176. The standard InChI is InChI=1S/C13H25N/c1-12(2)6-5-7-13(8-9-13)14-10-3-4-11-14/h12H,3-11H2,1-2H3. The predicted octanol–water partition coefficient (Wildman–Crippen LogP) is 3.44. The van der Waals surface area contributed by atoms with Crippen molar-refractivity contribution in [2.75, 3.05) is 13.1 Å². The molecular formula is C13H25N. The lowest BCUT2D eigenvalue weighted by Crippen LogP contribution is -2.34. The predicted molar refractivity (Wildman–Crippen MR) is 61.5 cm³/mol. The van der Waals surface area contributed by atoms with Crippen LogP contribution in [0.15, 0.2) is 0 Å². The lowest BCUT2D eigenvalue weighted by Gasteiger charge is -2.27. The highest BCUT2D eigenvalue weighted by molar-refractivity contribution is 5.04. The molecule has 1 heteroatoms. The molecule has 0 amide bonds. The maximum absolute atomic E-state index is 2.79. The highest BCUT2D eigenvalue weighted by atomic mass is 15.2. The van der Waals surface area contributed by atoms with Gasteiger partial charge in [-0.3, -0.25) is 4.90 Å². The minimum absolute atomic E-state index is 0.700. The summed E-state index contributed by atoms with van der Waals surface area (Å²) in [6.45, 7) is 7.47. The van der Waals surface area contributed by atoms with E-state index in [1.54, 1.807) is 0 Å². The first-order chi connectivity index (χ1) is 6.73. The van der Waals surface area contributed by atoms with Crippen LogP contribution in [-0.4, -0.2) is 23.5 Å². The first-order valence-electron chi connectivity index (χ1n) is 6.48. The summed E-state index contributed by atoms with van der Waals surface area (Å²) in [5.41, 5.74) is 0.700. The van der Waals surface area contributed by atoms with E-state index in [1.807, 2.05) is 0 Å². The largest absolute Gasteiger partial charge is 0.298 e. The molecule has 0 unspecified atom stereocenters. The molecule has 1 saturated carbocycles. The highest BCUT2D eigenvalue weighted by Crippen LogP contribution is 2.47. The number of hydrogen-bond donors (Lipinski definition) is 0. The third-order valence-corrected chi connectivity index (χ3v) is 4.03. The summed E-state index contributed by atoms with van der Waals surface area (Å²) in [6, 6.07) is 0. The lowest BCUT2D eigenvalue weighted by molar-refractivity contribution is 0.202. The highest BCUT2D eigenvalue weighted by Gasteiger charge is 2.47. The maximum atomic E-state index is 2.79. The van der Waals surface area contributed by atoms with E-state index in [9.17, 15) is 0 Å². The molecule has 14 heavy (non-hydrogen) atoms. The molecule has 0 atom stereocenters. The first-order valence-corrected chi connectivity index (χ1v) is 6.48. The van der Waals surface area contributed by atoms with Gasteiger partial charge in [-0.1, -0.05) is 26.7 Å². The van der Waals surface area contributed by atoms with Crippen LogP contribution in [0.1, 0.15) is 58.8 Å². The van der Waals surface area contributed by atoms with Crippen molar-refractivity contribution in [3.8, 4) is 0 Å². The van der Waals surface area contributed by atoms with E-state index in [-0.39, 0.29) is 0 Å². The van der Waals surface area contributed by atoms with Crippen LogP contribution in [0.25, 0.3) is 0 Å². The van der Waals surface area contributed by atoms with Gasteiger partial charge in [0, 0.05) is 5.54 Å². The van der Waals surface area contributed by atoms with Crippen molar-refractivity contribution < 1.29 is 0 Å². The van der Waals surface area contributed by atoms with Crippen molar-refractivity contribution in [3.05, 3.63) is 0 Å². The van der Waals surface area contributed by atoms with E-state index in [0.717, 1.165) is 5.92 Å². The summed E-state index contributed by atoms with van der Waals surface area (Å²) in [5.74, 6) is 0.893. The average Bonchev–Trinajstić information content (AvgIpc) is 2.73. The van der Waals surface area contributed by atoms with Gasteiger partial charge in [0.15, 0.2) is 0 Å². The van der Waals surface area contributed by atoms with Crippen molar-refractivity contribution in [2.24, 2.45) is 5.92 Å². The van der Waals surface area contributed by atoms with E-state index < -0.39 is 0 Å². The van der Waals surface area contributed by atoms with E-state index in [2.05, 4.69) is 18.7 Å². The number of rotatable bonds is 5. The van der Waals surface area contributed by atoms with Gasteiger partial charge in [-0.2, -0.15) is 0 Å². The Hall–Kier alpha value is -0.0400. The lowest BCUT2D eigenvalue weighted by atomic mass is 10.0. The van der Waals surface area contributed by atoms with E-state index in [4.69, 9.17) is 0 Å². The molecule has 0 radical (unpaired) electrons. The van der Waals surface area contributed by atoms with Gasteiger partial charge >= 0.3 is 0 Å². The van der Waals surface area contributed by atoms with Crippen LogP contribution in [0.4, 0.5) is 0 Å². The molecule has 1 heterocycles. The molecule has 0 aromatic carbocycles. The number of hydrogen-bond acceptors (Lipinski definition) is 1. The van der Waals surface area contributed by atoms with Crippen LogP contribution in [0.5, 0.6) is 0 Å². The van der Waals surface area contributed by atoms with E-state index in [1.165, 1.54) is 58.0 Å². The van der Waals surface area contributed by atoms with Crippen LogP contribution in [-0.2, 0) is 0 Å². The van der Waals surface area contributed by atoms with Crippen molar-refractivity contribution in [1.82, 2.24) is 4.90 Å². The second-order valence-corrected chi connectivity index (χ2v) is 5.70. The summed E-state index contributed by atoms with van der Waals surface area (Å²) in [5, 5.41) is 0. The Labute approximate surface area is 88.9 Å². The van der Waals surface area contributed by atoms with Crippen LogP contribution in [0.2, 0.25) is 0 Å². The van der Waals surface area contributed by atoms with Crippen molar-refractivity contribution >= 4 is 0 Å². The zero-order chi connectivity index (χ0) is 10.0. The monoisotopic (exact) mass is 195 g/mol. The normalized spacial score (nSPS) is 25.9. The molecule has 0 bridgehead atoms. The molecule has 0 spiro atoms. The molecule has 0 aromatic rings. The van der Waals surface area contributed by atoms with Gasteiger partial charge in [0.2, 0.25) is 0 Å². The SMILES string of the molecule is CC(C)CCCC1(N2CCCC2)CC1. The van der Waals surface area contributed by atoms with Gasteiger partial charge in [0.25, 0.3) is 0 Å². The fourth-order valence-corrected chi connectivity index (χ4v) is 2.90. The summed E-state index contributed by atoms with van der Waals surface area (Å²) >= 11 is 0. The van der Waals surface area contributed by atoms with Crippen molar-refractivity contribution in [1.29, 1.82) is 0 Å². The summed E-state index contributed by atoms with van der Waals surface area (Å²) in [4.78, 5) is 2.79. The molecule has 2 aliphatic rings. The number of likely N-dealkylation sites (tertiary alicyclic amines) is 1. The maximum Gasteiger partial charge on any atom is 0.0211 e. The zero-order valence-corrected chi connectivity index (χ0v) is 9.89. The molecule has 2 rings (SSSR count). The Kier molecular flexibility index (Phi) is 3.16. The smallest absolute Gasteiger partial charge is 0.0211 e. The second-order valence-electron chi connectivity index (χ2n) is 5.70. The Morgan fingerprint density at radius 3 is 2.29 bits per heavy atom. The van der Waals surface area contributed by atoms with Crippen LogP contribution in [0, 0.1) is 5.92 Å². The molecule has 2 fully saturated rings.